The summed E-state index contributed by atoms with van der Waals surface area (Å²) in [6, 6.07) is -5.15. The Bertz CT molecular complexity index is 1710. The summed E-state index contributed by atoms with van der Waals surface area (Å²) in [7, 11) is 0. The number of hydrogen-bond donors (Lipinski definition) is 14. The van der Waals surface area contributed by atoms with Gasteiger partial charge in [0, 0.05) is 40.8 Å². The molecule has 0 radical (unpaired) electrons. The Morgan fingerprint density at radius 1 is 0.603 bits per heavy atom. The molecule has 68 heavy (non-hydrogen) atoms. The first kappa shape index (κ1) is 55.4. The zero-order chi connectivity index (χ0) is 50.2. The van der Waals surface area contributed by atoms with E-state index in [2.05, 4.69) is 26.6 Å². The van der Waals surface area contributed by atoms with Crippen LogP contribution < -0.4 is 32.3 Å². The molecule has 5 rings (SSSR count). The first-order chi connectivity index (χ1) is 32.2. The van der Waals surface area contributed by atoms with Gasteiger partial charge in [-0.05, 0) is 19.9 Å². The lowest BCUT2D eigenvalue weighted by molar-refractivity contribution is -0.358. The van der Waals surface area contributed by atoms with Crippen LogP contribution in [-0.2, 0) is 66.5 Å². The van der Waals surface area contributed by atoms with Gasteiger partial charge in [-0.2, -0.15) is 0 Å². The standard InChI is InChI=1S/C39H66N6O23/c1-14-24(52)29(65-33-21(43-15(2)49)27(55)25(53)18(11-46)61-33)22(44-16(3)50)34(60-14)66-30-23(45-17(4)51)35(62-19(12-47)26(30)54)64-28-20(13-48)63-36(32-31(28)67-39(5,68-32)37(56)57)59-10-9-42-38(58)41-8-6-7-40/h14,18-36,46-48,52-55H,6-13,40H2,1-5H3,(H,43,49)(H,44,50)(H,45,51)(H,56,57)(H2,41,42,58)/t14?,18?,19?,20?,21?,22?,23?,24?,25?,26?,27?,28?,29?,30?,31?,32?,33?,34?,35?,36?,39-/m0/s1. The number of carbonyl (C=O) groups excluding carboxylic acids is 4. The van der Waals surface area contributed by atoms with Crippen molar-refractivity contribution in [1.82, 2.24) is 26.6 Å². The number of aliphatic hydroxyl groups excluding tert-OH is 7. The molecular formula is C39H66N6O23. The predicted molar refractivity (Wildman–Crippen MR) is 220 cm³/mol. The van der Waals surface area contributed by atoms with Gasteiger partial charge in [-0.25, -0.2) is 9.59 Å². The van der Waals surface area contributed by atoms with Crippen molar-refractivity contribution < 1.29 is 112 Å². The molecule has 0 aliphatic carbocycles. The van der Waals surface area contributed by atoms with Gasteiger partial charge in [0.05, 0.1) is 32.5 Å². The fourth-order valence-electron chi connectivity index (χ4n) is 8.40. The number of carboxylic acids is 1. The zero-order valence-electron chi connectivity index (χ0n) is 38.0. The lowest BCUT2D eigenvalue weighted by Gasteiger charge is -2.51. The predicted octanol–water partition coefficient (Wildman–Crippen LogP) is -7.75. The molecule has 5 heterocycles. The van der Waals surface area contributed by atoms with Crippen molar-refractivity contribution in [3.05, 3.63) is 0 Å². The van der Waals surface area contributed by atoms with Gasteiger partial charge in [-0.15, -0.1) is 0 Å². The Balaban J connectivity index is 1.44. The lowest BCUT2D eigenvalue weighted by Crippen LogP contribution is -2.71. The quantitative estimate of drug-likeness (QED) is 0.0504. The molecule has 0 aromatic heterocycles. The number of ether oxygens (including phenoxy) is 10. The van der Waals surface area contributed by atoms with E-state index in [1.807, 2.05) is 0 Å². The third-order valence-corrected chi connectivity index (χ3v) is 11.7. The van der Waals surface area contributed by atoms with Gasteiger partial charge in [-0.3, -0.25) is 14.4 Å². The van der Waals surface area contributed by atoms with Gasteiger partial charge in [0.2, 0.25) is 17.7 Å². The Hall–Kier alpha value is -3.57. The number of nitrogens with one attached hydrogen (secondary N) is 5. The van der Waals surface area contributed by atoms with Crippen LogP contribution in [0.4, 0.5) is 4.79 Å². The molecule has 15 N–H and O–H groups in total. The highest BCUT2D eigenvalue weighted by molar-refractivity contribution is 5.76. The Morgan fingerprint density at radius 2 is 1.07 bits per heavy atom. The monoisotopic (exact) mass is 986 g/mol. The number of aliphatic carboxylic acids is 1. The minimum atomic E-state index is -2.33. The highest BCUT2D eigenvalue weighted by atomic mass is 16.8. The third-order valence-electron chi connectivity index (χ3n) is 11.7. The summed E-state index contributed by atoms with van der Waals surface area (Å²) in [5.41, 5.74) is 5.45. The maximum Gasteiger partial charge on any atom is 0.364 e. The minimum Gasteiger partial charge on any atom is -0.477 e. The summed E-state index contributed by atoms with van der Waals surface area (Å²) in [5, 5.41) is 98.5. The van der Waals surface area contributed by atoms with Crippen LogP contribution in [0.3, 0.4) is 0 Å². The molecule has 5 aliphatic rings. The van der Waals surface area contributed by atoms with Crippen molar-refractivity contribution in [3.8, 4) is 0 Å². The number of amides is 5. The molecule has 0 aromatic carbocycles. The Kier molecular flexibility index (Phi) is 20.0. The SMILES string of the molecule is CC(=O)NC1C(OC2C(O)C(C)OC(OC3C(O)C(CO)OC(OC4C(CO)OC(OCCNC(=O)NCCCN)C5O[C@@](C)(C(=O)O)OC45)C3NC(C)=O)C2NC(C)=O)OC(CO)C(O)C1O. The van der Waals surface area contributed by atoms with Gasteiger partial charge in [0.15, 0.2) is 25.2 Å². The van der Waals surface area contributed by atoms with Gasteiger partial charge < -0.3 is 121 Å². The first-order valence-electron chi connectivity index (χ1n) is 22.0. The molecule has 390 valence electrons. The summed E-state index contributed by atoms with van der Waals surface area (Å²) in [5.74, 6) is -6.05. The summed E-state index contributed by atoms with van der Waals surface area (Å²) >= 11 is 0. The smallest absolute Gasteiger partial charge is 0.364 e. The van der Waals surface area contributed by atoms with Gasteiger partial charge in [0.25, 0.3) is 5.79 Å². The molecule has 0 aromatic rings. The van der Waals surface area contributed by atoms with E-state index in [9.17, 15) is 64.8 Å². The highest BCUT2D eigenvalue weighted by Gasteiger charge is 2.62. The van der Waals surface area contributed by atoms with Crippen LogP contribution in [0.1, 0.15) is 41.0 Å². The lowest BCUT2D eigenvalue weighted by atomic mass is 9.93. The molecule has 0 bridgehead atoms. The van der Waals surface area contributed by atoms with Crippen molar-refractivity contribution >= 4 is 29.7 Å². The van der Waals surface area contributed by atoms with Crippen LogP contribution in [-0.4, -0.2) is 245 Å². The van der Waals surface area contributed by atoms with E-state index in [0.29, 0.717) is 19.5 Å². The van der Waals surface area contributed by atoms with E-state index < -0.39 is 178 Å². The Labute approximate surface area is 389 Å². The second kappa shape index (κ2) is 24.5. The van der Waals surface area contributed by atoms with Gasteiger partial charge in [0.1, 0.15) is 91.4 Å². The van der Waals surface area contributed by atoms with Crippen LogP contribution in [0.2, 0.25) is 0 Å². The van der Waals surface area contributed by atoms with Crippen LogP contribution >= 0.6 is 0 Å². The first-order valence-corrected chi connectivity index (χ1v) is 22.0. The molecule has 5 saturated heterocycles. The second-order valence-corrected chi connectivity index (χ2v) is 16.9. The van der Waals surface area contributed by atoms with Crippen LogP contribution in [0.15, 0.2) is 0 Å². The summed E-state index contributed by atoms with van der Waals surface area (Å²) < 4.78 is 60.2. The number of rotatable bonds is 20. The minimum absolute atomic E-state index is 0.0471. The van der Waals surface area contributed by atoms with Crippen molar-refractivity contribution in [1.29, 1.82) is 0 Å². The van der Waals surface area contributed by atoms with Crippen molar-refractivity contribution in [2.75, 3.05) is 46.1 Å². The number of nitrogens with two attached hydrogens (primary N) is 1. The molecule has 5 fully saturated rings. The summed E-state index contributed by atoms with van der Waals surface area (Å²) in [6.45, 7) is 3.72. The van der Waals surface area contributed by atoms with Gasteiger partial charge >= 0.3 is 12.0 Å². The molecular weight excluding hydrogens is 920 g/mol. The molecule has 29 heteroatoms. The highest BCUT2D eigenvalue weighted by Crippen LogP contribution is 2.41. The largest absolute Gasteiger partial charge is 0.477 e. The van der Waals surface area contributed by atoms with Crippen molar-refractivity contribution in [2.45, 2.75) is 169 Å². The van der Waals surface area contributed by atoms with Crippen LogP contribution in [0.5, 0.6) is 0 Å². The number of fused-ring (bicyclic) bond motifs is 1. The number of urea groups is 1. The topological polar surface area (TPSA) is 426 Å². The number of hydrogen-bond acceptors (Lipinski definition) is 23. The zero-order valence-corrected chi connectivity index (χ0v) is 38.0. The van der Waals surface area contributed by atoms with E-state index in [-0.39, 0.29) is 13.2 Å². The molecule has 29 nitrogen and oxygen atoms in total. The maximum absolute atomic E-state index is 12.9. The Morgan fingerprint density at radius 3 is 1.62 bits per heavy atom. The number of carbonyl (C=O) groups is 5. The molecule has 5 amide bonds. The molecule has 0 spiro atoms. The molecule has 5 aliphatic heterocycles. The van der Waals surface area contributed by atoms with Gasteiger partial charge in [-0.1, -0.05) is 0 Å². The second-order valence-electron chi connectivity index (χ2n) is 16.9. The summed E-state index contributed by atoms with van der Waals surface area (Å²) in [6.07, 6.45) is -26.3. The van der Waals surface area contributed by atoms with E-state index in [4.69, 9.17) is 53.1 Å². The average molecular weight is 987 g/mol. The molecule has 20 unspecified atom stereocenters. The van der Waals surface area contributed by atoms with Crippen LogP contribution in [0.25, 0.3) is 0 Å². The van der Waals surface area contributed by atoms with Crippen molar-refractivity contribution in [3.63, 3.8) is 0 Å². The van der Waals surface area contributed by atoms with Crippen LogP contribution in [0, 0.1) is 0 Å². The van der Waals surface area contributed by atoms with E-state index in [1.165, 1.54) is 6.92 Å². The summed E-state index contributed by atoms with van der Waals surface area (Å²) in [4.78, 5) is 62.4. The van der Waals surface area contributed by atoms with E-state index in [0.717, 1.165) is 27.7 Å². The maximum atomic E-state index is 12.9. The average Bonchev–Trinajstić information content (AvgIpc) is 3.66. The third kappa shape index (κ3) is 13.0. The normalized spacial score (nSPS) is 41.5. The number of aliphatic hydroxyl groups is 7. The fraction of sp³-hybridized carbons (Fsp3) is 0.872. The van der Waals surface area contributed by atoms with E-state index >= 15 is 0 Å². The fourth-order valence-corrected chi connectivity index (χ4v) is 8.40. The van der Waals surface area contributed by atoms with E-state index in [1.54, 1.807) is 0 Å². The molecule has 21 atom stereocenters. The molecule has 0 saturated carbocycles. The number of carboxylic acid groups (broad SMARTS) is 1. The van der Waals surface area contributed by atoms with Crippen molar-refractivity contribution in [2.24, 2.45) is 5.73 Å².